The van der Waals surface area contributed by atoms with Crippen LogP contribution in [0.3, 0.4) is 0 Å². The van der Waals surface area contributed by atoms with E-state index < -0.39 is 0 Å². The van der Waals surface area contributed by atoms with E-state index in [0.29, 0.717) is 0 Å². The van der Waals surface area contributed by atoms with Crippen molar-refractivity contribution in [2.24, 2.45) is 4.99 Å². The van der Waals surface area contributed by atoms with Crippen molar-refractivity contribution in [3.05, 3.63) is 34.9 Å². The third-order valence-electron chi connectivity index (χ3n) is 2.27. The van der Waals surface area contributed by atoms with Crippen LogP contribution in [0.15, 0.2) is 29.3 Å². The van der Waals surface area contributed by atoms with Gasteiger partial charge in [-0.15, -0.1) is 0 Å². The first-order chi connectivity index (χ1) is 7.25. The van der Waals surface area contributed by atoms with Crippen LogP contribution in [-0.4, -0.2) is 17.5 Å². The van der Waals surface area contributed by atoms with Crippen molar-refractivity contribution >= 4 is 28.5 Å². The van der Waals surface area contributed by atoms with E-state index in [-0.39, 0.29) is 6.04 Å². The van der Waals surface area contributed by atoms with E-state index in [1.165, 1.54) is 5.56 Å². The molecule has 0 aliphatic carbocycles. The minimum absolute atomic E-state index is 0.257. The molecule has 0 saturated carbocycles. The molecule has 0 fully saturated rings. The largest absolute Gasteiger partial charge is 0.358 e. The quantitative estimate of drug-likeness (QED) is 0.859. The van der Waals surface area contributed by atoms with Gasteiger partial charge < -0.3 is 5.32 Å². The van der Waals surface area contributed by atoms with Gasteiger partial charge in [-0.25, -0.2) is 0 Å². The number of thioether (sulfide) groups is 1. The first-order valence-corrected chi connectivity index (χ1v) is 6.31. The molecule has 1 atom stereocenters. The van der Waals surface area contributed by atoms with Crippen LogP contribution in [0.25, 0.3) is 0 Å². The minimum atomic E-state index is 0.257. The van der Waals surface area contributed by atoms with Crippen LogP contribution < -0.4 is 5.32 Å². The van der Waals surface area contributed by atoms with Crippen LogP contribution in [-0.2, 0) is 0 Å². The molecule has 1 aromatic carbocycles. The zero-order valence-electron chi connectivity index (χ0n) is 8.53. The lowest BCUT2D eigenvalue weighted by Crippen LogP contribution is -2.22. The summed E-state index contributed by atoms with van der Waals surface area (Å²) in [5, 5.41) is 5.20. The van der Waals surface area contributed by atoms with Gasteiger partial charge in [-0.2, -0.15) is 0 Å². The van der Waals surface area contributed by atoms with E-state index in [2.05, 4.69) is 23.3 Å². The highest BCUT2D eigenvalue weighted by Crippen LogP contribution is 2.19. The summed E-state index contributed by atoms with van der Waals surface area (Å²) in [7, 11) is 0. The molecule has 1 aliphatic heterocycles. The Balaban J connectivity index is 2.04. The number of nitrogens with one attached hydrogen (secondary N) is 1. The molecular formula is C11H13ClN2S. The maximum Gasteiger partial charge on any atom is 0.157 e. The molecule has 1 aromatic rings. The topological polar surface area (TPSA) is 24.4 Å². The lowest BCUT2D eigenvalue weighted by Gasteiger charge is -2.14. The molecule has 0 radical (unpaired) electrons. The monoisotopic (exact) mass is 240 g/mol. The Kier molecular flexibility index (Phi) is 3.54. The molecule has 0 amide bonds. The van der Waals surface area contributed by atoms with Crippen molar-refractivity contribution in [3.8, 4) is 0 Å². The number of nitrogens with zero attached hydrogens (tertiary/aromatic N) is 1. The van der Waals surface area contributed by atoms with Gasteiger partial charge in [0.15, 0.2) is 5.17 Å². The Bertz CT molecular complexity index is 379. The van der Waals surface area contributed by atoms with Crippen molar-refractivity contribution in [1.82, 2.24) is 5.32 Å². The van der Waals surface area contributed by atoms with Crippen molar-refractivity contribution in [1.29, 1.82) is 0 Å². The molecule has 1 unspecified atom stereocenters. The van der Waals surface area contributed by atoms with Crippen LogP contribution in [0, 0.1) is 0 Å². The van der Waals surface area contributed by atoms with E-state index in [0.717, 1.165) is 22.5 Å². The Morgan fingerprint density at radius 3 is 3.07 bits per heavy atom. The summed E-state index contributed by atoms with van der Waals surface area (Å²) in [6, 6.07) is 8.18. The lowest BCUT2D eigenvalue weighted by molar-refractivity contribution is 0.723. The van der Waals surface area contributed by atoms with E-state index >= 15 is 0 Å². The molecule has 1 aliphatic rings. The molecule has 80 valence electrons. The van der Waals surface area contributed by atoms with E-state index in [9.17, 15) is 0 Å². The molecule has 4 heteroatoms. The number of benzene rings is 1. The second-order valence-corrected chi connectivity index (χ2v) is 4.98. The van der Waals surface area contributed by atoms with E-state index in [4.69, 9.17) is 11.6 Å². The van der Waals surface area contributed by atoms with Gasteiger partial charge in [-0.3, -0.25) is 4.99 Å². The third-order valence-corrected chi connectivity index (χ3v) is 3.42. The van der Waals surface area contributed by atoms with Gasteiger partial charge in [0.05, 0.1) is 12.6 Å². The van der Waals surface area contributed by atoms with Crippen LogP contribution >= 0.6 is 23.4 Å². The second kappa shape index (κ2) is 4.90. The third kappa shape index (κ3) is 2.89. The predicted molar refractivity (Wildman–Crippen MR) is 67.8 cm³/mol. The number of halogens is 1. The summed E-state index contributed by atoms with van der Waals surface area (Å²) < 4.78 is 0. The van der Waals surface area contributed by atoms with Crippen molar-refractivity contribution in [2.75, 3.05) is 12.3 Å². The Labute approximate surface area is 99.1 Å². The normalized spacial score (nSPS) is 17.3. The van der Waals surface area contributed by atoms with E-state index in [1.807, 2.05) is 18.2 Å². The maximum atomic E-state index is 5.94. The Hall–Kier alpha value is -0.670. The summed E-state index contributed by atoms with van der Waals surface area (Å²) in [5.74, 6) is 1.09. The van der Waals surface area contributed by atoms with Gasteiger partial charge in [0.25, 0.3) is 0 Å². The first-order valence-electron chi connectivity index (χ1n) is 4.95. The number of amidine groups is 1. The zero-order chi connectivity index (χ0) is 10.7. The molecule has 0 bridgehead atoms. The molecular weight excluding hydrogens is 228 g/mol. The van der Waals surface area contributed by atoms with Crippen LogP contribution in [0.2, 0.25) is 5.02 Å². The lowest BCUT2D eigenvalue weighted by atomic mass is 10.1. The van der Waals surface area contributed by atoms with Gasteiger partial charge in [0.1, 0.15) is 0 Å². The minimum Gasteiger partial charge on any atom is -0.358 e. The van der Waals surface area contributed by atoms with Crippen LogP contribution in [0.1, 0.15) is 18.5 Å². The average Bonchev–Trinajstić information content (AvgIpc) is 2.70. The summed E-state index contributed by atoms with van der Waals surface area (Å²) in [6.45, 7) is 3.04. The molecule has 15 heavy (non-hydrogen) atoms. The Morgan fingerprint density at radius 2 is 2.40 bits per heavy atom. The summed E-state index contributed by atoms with van der Waals surface area (Å²) in [5.41, 5.74) is 1.19. The van der Waals surface area contributed by atoms with Gasteiger partial charge in [-0.1, -0.05) is 35.5 Å². The van der Waals surface area contributed by atoms with Crippen LogP contribution in [0.4, 0.5) is 0 Å². The highest BCUT2D eigenvalue weighted by molar-refractivity contribution is 8.14. The summed E-state index contributed by atoms with van der Waals surface area (Å²) in [6.07, 6.45) is 0. The highest BCUT2D eigenvalue weighted by Gasteiger charge is 2.11. The van der Waals surface area contributed by atoms with Gasteiger partial charge in [-0.05, 0) is 24.6 Å². The van der Waals surface area contributed by atoms with Crippen molar-refractivity contribution in [2.45, 2.75) is 13.0 Å². The van der Waals surface area contributed by atoms with E-state index in [1.54, 1.807) is 11.8 Å². The molecule has 0 spiro atoms. The first kappa shape index (κ1) is 10.8. The average molecular weight is 241 g/mol. The Morgan fingerprint density at radius 1 is 1.53 bits per heavy atom. The number of hydrogen-bond donors (Lipinski definition) is 1. The fourth-order valence-electron chi connectivity index (χ4n) is 1.47. The number of rotatable bonds is 2. The maximum absolute atomic E-state index is 5.94. The molecule has 1 N–H and O–H groups in total. The molecule has 2 nitrogen and oxygen atoms in total. The molecule has 2 rings (SSSR count). The second-order valence-electron chi connectivity index (χ2n) is 3.46. The summed E-state index contributed by atoms with van der Waals surface area (Å²) in [4.78, 5) is 4.36. The highest BCUT2D eigenvalue weighted by atomic mass is 35.5. The van der Waals surface area contributed by atoms with Gasteiger partial charge in [0, 0.05) is 10.8 Å². The smallest absolute Gasteiger partial charge is 0.157 e. The van der Waals surface area contributed by atoms with Crippen molar-refractivity contribution < 1.29 is 0 Å². The standard InChI is InChI=1S/C11H13ClN2S/c1-8(14-11-13-5-6-15-11)9-3-2-4-10(12)7-9/h2-4,7-8H,5-6H2,1H3,(H,13,14). The SMILES string of the molecule is CC(NC1=NCCS1)c1cccc(Cl)c1. The number of hydrogen-bond acceptors (Lipinski definition) is 3. The summed E-state index contributed by atoms with van der Waals surface area (Å²) >= 11 is 7.72. The zero-order valence-corrected chi connectivity index (χ0v) is 10.1. The van der Waals surface area contributed by atoms with Crippen molar-refractivity contribution in [3.63, 3.8) is 0 Å². The van der Waals surface area contributed by atoms with Gasteiger partial charge >= 0.3 is 0 Å². The molecule has 1 heterocycles. The fourth-order valence-corrected chi connectivity index (χ4v) is 2.48. The van der Waals surface area contributed by atoms with Crippen LogP contribution in [0.5, 0.6) is 0 Å². The van der Waals surface area contributed by atoms with Gasteiger partial charge in [0.2, 0.25) is 0 Å². The molecule has 0 saturated heterocycles. The fraction of sp³-hybridized carbons (Fsp3) is 0.364. The number of aliphatic imine (C=N–C) groups is 1. The molecule has 0 aromatic heterocycles. The predicted octanol–water partition coefficient (Wildman–Crippen LogP) is 3.09.